The number of halogens is 2. The van der Waals surface area contributed by atoms with Gasteiger partial charge in [-0.1, -0.05) is 29.8 Å². The lowest BCUT2D eigenvalue weighted by Gasteiger charge is -2.32. The van der Waals surface area contributed by atoms with Crippen LogP contribution in [0.5, 0.6) is 0 Å². The van der Waals surface area contributed by atoms with Crippen LogP contribution in [0.3, 0.4) is 0 Å². The van der Waals surface area contributed by atoms with Crippen LogP contribution in [0.15, 0.2) is 48.7 Å². The van der Waals surface area contributed by atoms with Crippen molar-refractivity contribution in [3.63, 3.8) is 0 Å². The normalized spacial score (nSPS) is 17.4. The molecule has 1 amide bonds. The predicted molar refractivity (Wildman–Crippen MR) is 135 cm³/mol. The summed E-state index contributed by atoms with van der Waals surface area (Å²) in [6.45, 7) is 4.24. The molecule has 1 saturated heterocycles. The first-order chi connectivity index (χ1) is 15.2. The number of anilines is 1. The van der Waals surface area contributed by atoms with Crippen LogP contribution in [-0.2, 0) is 11.2 Å². The molecule has 5 rings (SSSR count). The second kappa shape index (κ2) is 10.3. The predicted octanol–water partition coefficient (Wildman–Crippen LogP) is 6.18. The number of rotatable bonds is 6. The van der Waals surface area contributed by atoms with Crippen LogP contribution in [0.2, 0.25) is 5.02 Å². The standard InChI is InChI=1S/C26H30ClN3O.ClH/c27-21-8-9-24-22(17-21)23(18-28-24)19-11-15-29(16-12-19)13-3-4-14-30-25-6-2-1-5-20(25)7-10-26(30)31;/h1-2,5-6,8-9,17-19,28H,3-4,7,10-16H2;1H. The molecule has 0 aliphatic carbocycles. The Labute approximate surface area is 201 Å². The highest BCUT2D eigenvalue weighted by atomic mass is 35.5. The monoisotopic (exact) mass is 471 g/mol. The van der Waals surface area contributed by atoms with Crippen LogP contribution in [0.25, 0.3) is 10.9 Å². The molecule has 6 heteroatoms. The number of piperidine rings is 1. The number of hydrogen-bond acceptors (Lipinski definition) is 2. The third-order valence-corrected chi connectivity index (χ3v) is 7.24. The average Bonchev–Trinajstić information content (AvgIpc) is 3.21. The summed E-state index contributed by atoms with van der Waals surface area (Å²) in [5, 5.41) is 2.08. The van der Waals surface area contributed by atoms with Crippen LogP contribution >= 0.6 is 24.0 Å². The summed E-state index contributed by atoms with van der Waals surface area (Å²) < 4.78 is 0. The summed E-state index contributed by atoms with van der Waals surface area (Å²) in [5.41, 5.74) is 5.02. The third kappa shape index (κ3) is 4.83. The molecule has 1 aromatic heterocycles. The fourth-order valence-electron chi connectivity index (χ4n) is 5.27. The fourth-order valence-corrected chi connectivity index (χ4v) is 5.44. The number of H-pyrrole nitrogens is 1. The van der Waals surface area contributed by atoms with Gasteiger partial charge < -0.3 is 14.8 Å². The molecule has 0 spiro atoms. The van der Waals surface area contributed by atoms with Crippen molar-refractivity contribution in [2.75, 3.05) is 31.1 Å². The minimum atomic E-state index is 0. The van der Waals surface area contributed by atoms with Crippen LogP contribution in [-0.4, -0.2) is 42.0 Å². The number of carbonyl (C=O) groups excluding carboxylic acids is 1. The second-order valence-electron chi connectivity index (χ2n) is 8.93. The first-order valence-electron chi connectivity index (χ1n) is 11.6. The van der Waals surface area contributed by atoms with Gasteiger partial charge in [-0.2, -0.15) is 0 Å². The second-order valence-corrected chi connectivity index (χ2v) is 9.37. The number of aryl methyl sites for hydroxylation is 1. The van der Waals surface area contributed by atoms with Gasteiger partial charge in [-0.05, 0) is 93.0 Å². The molecule has 2 aliphatic heterocycles. The van der Waals surface area contributed by atoms with Gasteiger partial charge >= 0.3 is 0 Å². The Morgan fingerprint density at radius 1 is 1.00 bits per heavy atom. The molecule has 4 nitrogen and oxygen atoms in total. The van der Waals surface area contributed by atoms with E-state index >= 15 is 0 Å². The number of nitrogens with zero attached hydrogens (tertiary/aromatic N) is 2. The van der Waals surface area contributed by atoms with Crippen molar-refractivity contribution in [2.45, 2.75) is 44.4 Å². The van der Waals surface area contributed by atoms with E-state index in [0.717, 1.165) is 56.2 Å². The van der Waals surface area contributed by atoms with Crippen molar-refractivity contribution in [3.8, 4) is 0 Å². The maximum Gasteiger partial charge on any atom is 0.227 e. The number of carbonyl (C=O) groups is 1. The molecule has 1 fully saturated rings. The number of aromatic nitrogens is 1. The first kappa shape index (κ1) is 23.2. The highest BCUT2D eigenvalue weighted by molar-refractivity contribution is 6.31. The van der Waals surface area contributed by atoms with Gasteiger partial charge in [0, 0.05) is 40.8 Å². The molecule has 32 heavy (non-hydrogen) atoms. The molecule has 0 saturated carbocycles. The molecule has 1 N–H and O–H groups in total. The van der Waals surface area contributed by atoms with E-state index in [1.54, 1.807) is 0 Å². The van der Waals surface area contributed by atoms with E-state index in [0.29, 0.717) is 12.3 Å². The lowest BCUT2D eigenvalue weighted by Crippen LogP contribution is -2.37. The molecule has 0 radical (unpaired) electrons. The van der Waals surface area contributed by atoms with Gasteiger partial charge in [0.25, 0.3) is 0 Å². The summed E-state index contributed by atoms with van der Waals surface area (Å²) in [4.78, 5) is 20.4. The largest absolute Gasteiger partial charge is 0.361 e. The highest BCUT2D eigenvalue weighted by Gasteiger charge is 2.24. The molecule has 3 heterocycles. The molecular weight excluding hydrogens is 441 g/mol. The topological polar surface area (TPSA) is 39.3 Å². The van der Waals surface area contributed by atoms with Crippen LogP contribution in [0.1, 0.15) is 49.1 Å². The van der Waals surface area contributed by atoms with Gasteiger partial charge in [0.05, 0.1) is 0 Å². The SMILES string of the molecule is Cl.O=C1CCc2ccccc2N1CCCCN1CCC(c2c[nH]c3ccc(Cl)cc23)CC1. The zero-order chi connectivity index (χ0) is 21.2. The van der Waals surface area contributed by atoms with E-state index in [9.17, 15) is 4.79 Å². The van der Waals surface area contributed by atoms with Gasteiger partial charge in [0.15, 0.2) is 0 Å². The summed E-state index contributed by atoms with van der Waals surface area (Å²) >= 11 is 6.23. The van der Waals surface area contributed by atoms with E-state index in [-0.39, 0.29) is 18.3 Å². The molecule has 0 bridgehead atoms. The van der Waals surface area contributed by atoms with Crippen molar-refractivity contribution in [3.05, 3.63) is 64.8 Å². The Bertz CT molecular complexity index is 1070. The number of likely N-dealkylation sites (tertiary alicyclic amines) is 1. The first-order valence-corrected chi connectivity index (χ1v) is 11.9. The maximum absolute atomic E-state index is 12.4. The number of nitrogens with one attached hydrogen (secondary N) is 1. The number of unbranched alkanes of at least 4 members (excludes halogenated alkanes) is 1. The summed E-state index contributed by atoms with van der Waals surface area (Å²) in [6.07, 6.45) is 8.27. The van der Waals surface area contributed by atoms with Crippen molar-refractivity contribution in [1.82, 2.24) is 9.88 Å². The summed E-state index contributed by atoms with van der Waals surface area (Å²) in [6, 6.07) is 14.5. The fraction of sp³-hybridized carbons (Fsp3) is 0.423. The van der Waals surface area contributed by atoms with Crippen molar-refractivity contribution < 1.29 is 4.79 Å². The Morgan fingerprint density at radius 2 is 1.78 bits per heavy atom. The summed E-state index contributed by atoms with van der Waals surface area (Å²) in [7, 11) is 0. The molecule has 2 aliphatic rings. The number of benzene rings is 2. The molecule has 3 aromatic rings. The number of aromatic amines is 1. The van der Waals surface area contributed by atoms with Crippen molar-refractivity contribution in [2.24, 2.45) is 0 Å². The Kier molecular flexibility index (Phi) is 7.44. The molecule has 170 valence electrons. The van der Waals surface area contributed by atoms with E-state index in [1.165, 1.54) is 34.9 Å². The summed E-state index contributed by atoms with van der Waals surface area (Å²) in [5.74, 6) is 0.879. The van der Waals surface area contributed by atoms with E-state index < -0.39 is 0 Å². The van der Waals surface area contributed by atoms with E-state index in [1.807, 2.05) is 17.0 Å². The van der Waals surface area contributed by atoms with E-state index in [2.05, 4.69) is 46.4 Å². The van der Waals surface area contributed by atoms with Crippen molar-refractivity contribution in [1.29, 1.82) is 0 Å². The van der Waals surface area contributed by atoms with Gasteiger partial charge in [0.2, 0.25) is 5.91 Å². The molecule has 2 aromatic carbocycles. The molecular formula is C26H31Cl2N3O. The Hall–Kier alpha value is -2.01. The zero-order valence-electron chi connectivity index (χ0n) is 18.4. The number of fused-ring (bicyclic) bond motifs is 2. The lowest BCUT2D eigenvalue weighted by atomic mass is 9.89. The molecule has 0 atom stereocenters. The van der Waals surface area contributed by atoms with Gasteiger partial charge in [-0.25, -0.2) is 0 Å². The number of amides is 1. The van der Waals surface area contributed by atoms with Crippen LogP contribution < -0.4 is 4.90 Å². The average molecular weight is 472 g/mol. The van der Waals surface area contributed by atoms with E-state index in [4.69, 9.17) is 11.6 Å². The van der Waals surface area contributed by atoms with Crippen LogP contribution in [0, 0.1) is 0 Å². The maximum atomic E-state index is 12.4. The minimum absolute atomic E-state index is 0. The van der Waals surface area contributed by atoms with Crippen molar-refractivity contribution >= 4 is 46.5 Å². The molecule has 0 unspecified atom stereocenters. The Balaban J connectivity index is 0.00000245. The number of para-hydroxylation sites is 1. The zero-order valence-corrected chi connectivity index (χ0v) is 19.9. The van der Waals surface area contributed by atoms with Gasteiger partial charge in [0.1, 0.15) is 0 Å². The Morgan fingerprint density at radius 3 is 2.62 bits per heavy atom. The third-order valence-electron chi connectivity index (χ3n) is 7.00. The van der Waals surface area contributed by atoms with Gasteiger partial charge in [-0.15, -0.1) is 12.4 Å². The minimum Gasteiger partial charge on any atom is -0.361 e. The smallest absolute Gasteiger partial charge is 0.227 e. The van der Waals surface area contributed by atoms with Crippen LogP contribution in [0.4, 0.5) is 5.69 Å². The lowest BCUT2D eigenvalue weighted by molar-refractivity contribution is -0.118. The van der Waals surface area contributed by atoms with Gasteiger partial charge in [-0.3, -0.25) is 4.79 Å². The quantitative estimate of drug-likeness (QED) is 0.435. The highest BCUT2D eigenvalue weighted by Crippen LogP contribution is 2.34. The number of hydrogen-bond donors (Lipinski definition) is 1.